The third-order valence-electron chi connectivity index (χ3n) is 0.950. The maximum Gasteiger partial charge on any atom is 0.370 e. The number of carboxylic acid groups (broad SMARTS) is 1. The standard InChI is InChI=1S/C6H5NO3S/c8-5(6(9)10)1-4-2-7-3-11-4/h1-3,8H,(H,9,10). The van der Waals surface area contributed by atoms with E-state index in [1.807, 2.05) is 0 Å². The van der Waals surface area contributed by atoms with Crippen molar-refractivity contribution in [3.8, 4) is 0 Å². The first-order valence-corrected chi connectivity index (χ1v) is 3.60. The molecular formula is C6H5NO3S. The summed E-state index contributed by atoms with van der Waals surface area (Å²) in [7, 11) is 0. The molecule has 1 rings (SSSR count). The van der Waals surface area contributed by atoms with E-state index in [1.54, 1.807) is 5.51 Å². The highest BCUT2D eigenvalue weighted by molar-refractivity contribution is 7.10. The van der Waals surface area contributed by atoms with Crippen LogP contribution < -0.4 is 0 Å². The van der Waals surface area contributed by atoms with Crippen LogP contribution in [0.15, 0.2) is 17.5 Å². The number of carboxylic acids is 1. The van der Waals surface area contributed by atoms with Crippen LogP contribution in [-0.2, 0) is 4.79 Å². The van der Waals surface area contributed by atoms with E-state index in [-0.39, 0.29) is 0 Å². The number of aliphatic hydroxyl groups is 1. The van der Waals surface area contributed by atoms with Gasteiger partial charge >= 0.3 is 5.97 Å². The van der Waals surface area contributed by atoms with Gasteiger partial charge in [0.2, 0.25) is 5.76 Å². The maximum absolute atomic E-state index is 10.1. The number of carbonyl (C=O) groups is 1. The molecule has 0 aliphatic rings. The molecule has 11 heavy (non-hydrogen) atoms. The Morgan fingerprint density at radius 2 is 2.36 bits per heavy atom. The van der Waals surface area contributed by atoms with Crippen molar-refractivity contribution in [1.82, 2.24) is 4.98 Å². The third kappa shape index (κ3) is 2.05. The number of hydrogen-bond donors (Lipinski definition) is 2. The average Bonchev–Trinajstić information content (AvgIpc) is 2.39. The van der Waals surface area contributed by atoms with Gasteiger partial charge in [-0.05, 0) is 0 Å². The van der Waals surface area contributed by atoms with Crippen molar-refractivity contribution in [2.45, 2.75) is 0 Å². The predicted octanol–water partition coefficient (Wildman–Crippen LogP) is 1.13. The van der Waals surface area contributed by atoms with Crippen molar-refractivity contribution < 1.29 is 15.0 Å². The molecule has 0 aromatic carbocycles. The Balaban J connectivity index is 2.82. The summed E-state index contributed by atoms with van der Waals surface area (Å²) >= 11 is 1.26. The zero-order chi connectivity index (χ0) is 8.27. The summed E-state index contributed by atoms with van der Waals surface area (Å²) in [5, 5.41) is 17.0. The van der Waals surface area contributed by atoms with Crippen LogP contribution in [0.2, 0.25) is 0 Å². The van der Waals surface area contributed by atoms with E-state index < -0.39 is 11.7 Å². The van der Waals surface area contributed by atoms with Crippen molar-refractivity contribution in [3.05, 3.63) is 22.3 Å². The number of rotatable bonds is 2. The van der Waals surface area contributed by atoms with Crippen LogP contribution in [0.4, 0.5) is 0 Å². The molecule has 1 aromatic rings. The van der Waals surface area contributed by atoms with Gasteiger partial charge in [-0.25, -0.2) is 4.79 Å². The summed E-state index contributed by atoms with van der Waals surface area (Å²) in [5.41, 5.74) is 1.56. The summed E-state index contributed by atoms with van der Waals surface area (Å²) in [6.45, 7) is 0. The Bertz CT molecular complexity index is 278. The molecule has 58 valence electrons. The van der Waals surface area contributed by atoms with Gasteiger partial charge in [0.15, 0.2) is 0 Å². The molecular weight excluding hydrogens is 166 g/mol. The molecule has 1 heterocycles. The lowest BCUT2D eigenvalue weighted by atomic mass is 10.4. The van der Waals surface area contributed by atoms with Gasteiger partial charge in [-0.1, -0.05) is 0 Å². The third-order valence-corrected chi connectivity index (χ3v) is 1.67. The van der Waals surface area contributed by atoms with E-state index in [0.29, 0.717) is 4.88 Å². The Kier molecular flexibility index (Phi) is 2.22. The Hall–Kier alpha value is -1.36. The van der Waals surface area contributed by atoms with E-state index in [4.69, 9.17) is 10.2 Å². The van der Waals surface area contributed by atoms with Gasteiger partial charge < -0.3 is 10.2 Å². The quantitative estimate of drug-likeness (QED) is 0.516. The molecule has 1 aromatic heterocycles. The number of thiazole rings is 1. The van der Waals surface area contributed by atoms with Gasteiger partial charge in [0.1, 0.15) is 0 Å². The van der Waals surface area contributed by atoms with Gasteiger partial charge in [-0.3, -0.25) is 4.98 Å². The van der Waals surface area contributed by atoms with E-state index >= 15 is 0 Å². The molecule has 0 amide bonds. The van der Waals surface area contributed by atoms with Crippen molar-refractivity contribution in [3.63, 3.8) is 0 Å². The van der Waals surface area contributed by atoms with Crippen LogP contribution in [0, 0.1) is 0 Å². The summed E-state index contributed by atoms with van der Waals surface area (Å²) in [5.74, 6) is -2.01. The van der Waals surface area contributed by atoms with E-state index in [1.165, 1.54) is 17.5 Å². The minimum absolute atomic E-state index is 0.616. The minimum Gasteiger partial charge on any atom is -0.502 e. The molecule has 0 aliphatic heterocycles. The lowest BCUT2D eigenvalue weighted by Crippen LogP contribution is -1.97. The second-order valence-electron chi connectivity index (χ2n) is 1.74. The Labute approximate surface area is 66.4 Å². The first-order chi connectivity index (χ1) is 5.20. The summed E-state index contributed by atoms with van der Waals surface area (Å²) in [6, 6.07) is 0. The molecule has 5 heteroatoms. The zero-order valence-electron chi connectivity index (χ0n) is 5.39. The molecule has 0 spiro atoms. The number of aromatic nitrogens is 1. The molecule has 0 radical (unpaired) electrons. The van der Waals surface area contributed by atoms with Crippen LogP contribution in [0.5, 0.6) is 0 Å². The van der Waals surface area contributed by atoms with Gasteiger partial charge in [0, 0.05) is 12.3 Å². The van der Waals surface area contributed by atoms with E-state index in [0.717, 1.165) is 6.08 Å². The molecule has 0 fully saturated rings. The van der Waals surface area contributed by atoms with Crippen LogP contribution in [-0.4, -0.2) is 21.2 Å². The van der Waals surface area contributed by atoms with Gasteiger partial charge in [0.05, 0.1) is 10.4 Å². The summed E-state index contributed by atoms with van der Waals surface area (Å²) in [4.78, 5) is 14.4. The van der Waals surface area contributed by atoms with Crippen LogP contribution in [0.3, 0.4) is 0 Å². The van der Waals surface area contributed by atoms with Gasteiger partial charge in [0.25, 0.3) is 0 Å². The highest BCUT2D eigenvalue weighted by Crippen LogP contribution is 2.09. The van der Waals surface area contributed by atoms with Crippen molar-refractivity contribution in [2.24, 2.45) is 0 Å². The Morgan fingerprint density at radius 3 is 2.82 bits per heavy atom. The van der Waals surface area contributed by atoms with Crippen LogP contribution in [0.1, 0.15) is 4.88 Å². The number of nitrogens with zero attached hydrogens (tertiary/aromatic N) is 1. The largest absolute Gasteiger partial charge is 0.502 e. The number of aliphatic carboxylic acids is 1. The van der Waals surface area contributed by atoms with Crippen molar-refractivity contribution in [2.75, 3.05) is 0 Å². The fraction of sp³-hybridized carbons (Fsp3) is 0. The minimum atomic E-state index is -1.33. The molecule has 2 N–H and O–H groups in total. The average molecular weight is 171 g/mol. The molecule has 4 nitrogen and oxygen atoms in total. The SMILES string of the molecule is O=C(O)C(O)=Cc1cncs1. The van der Waals surface area contributed by atoms with Crippen molar-refractivity contribution >= 4 is 23.4 Å². The molecule has 0 unspecified atom stereocenters. The second kappa shape index (κ2) is 3.16. The molecule has 0 saturated carbocycles. The van der Waals surface area contributed by atoms with E-state index in [2.05, 4.69) is 4.98 Å². The molecule has 0 aliphatic carbocycles. The van der Waals surface area contributed by atoms with Gasteiger partial charge in [-0.15, -0.1) is 11.3 Å². The molecule has 0 saturated heterocycles. The lowest BCUT2D eigenvalue weighted by Gasteiger charge is -1.87. The van der Waals surface area contributed by atoms with Crippen LogP contribution >= 0.6 is 11.3 Å². The monoisotopic (exact) mass is 171 g/mol. The highest BCUT2D eigenvalue weighted by atomic mass is 32.1. The van der Waals surface area contributed by atoms with E-state index in [9.17, 15) is 4.79 Å². The lowest BCUT2D eigenvalue weighted by molar-refractivity contribution is -0.135. The zero-order valence-corrected chi connectivity index (χ0v) is 6.21. The van der Waals surface area contributed by atoms with Crippen LogP contribution in [0.25, 0.3) is 6.08 Å². The van der Waals surface area contributed by atoms with Gasteiger partial charge in [-0.2, -0.15) is 0 Å². The Morgan fingerprint density at radius 1 is 1.64 bits per heavy atom. The van der Waals surface area contributed by atoms with Crippen molar-refractivity contribution in [1.29, 1.82) is 0 Å². The summed E-state index contributed by atoms with van der Waals surface area (Å²) in [6.07, 6.45) is 2.63. The molecule has 0 bridgehead atoms. The first kappa shape index (κ1) is 7.74. The normalized spacial score (nSPS) is 11.5. The summed E-state index contributed by atoms with van der Waals surface area (Å²) < 4.78 is 0. The fourth-order valence-corrected chi connectivity index (χ4v) is 1.04. The second-order valence-corrected chi connectivity index (χ2v) is 2.66. The predicted molar refractivity (Wildman–Crippen MR) is 40.4 cm³/mol. The first-order valence-electron chi connectivity index (χ1n) is 2.72. The fourth-order valence-electron chi connectivity index (χ4n) is 0.493. The smallest absolute Gasteiger partial charge is 0.370 e. The number of hydrogen-bond acceptors (Lipinski definition) is 4. The topological polar surface area (TPSA) is 70.4 Å². The number of aliphatic hydroxyl groups excluding tert-OH is 1. The molecule has 0 atom stereocenters. The maximum atomic E-state index is 10.1. The highest BCUT2D eigenvalue weighted by Gasteiger charge is 2.03.